The molecule has 1 N–H and O–H groups in total. The monoisotopic (exact) mass is 488 g/mol. The molecule has 0 bridgehead atoms. The van der Waals surface area contributed by atoms with Crippen molar-refractivity contribution in [3.05, 3.63) is 76.5 Å². The molecule has 0 radical (unpaired) electrons. The number of nitrogens with one attached hydrogen (secondary N) is 1. The van der Waals surface area contributed by atoms with Crippen LogP contribution in [0.25, 0.3) is 0 Å². The topological polar surface area (TPSA) is 84.3 Å². The first-order valence-corrected chi connectivity index (χ1v) is 11.8. The van der Waals surface area contributed by atoms with E-state index < -0.39 is 10.0 Å². The largest absolute Gasteiger partial charge is 0.322 e. The Bertz CT molecular complexity index is 1160. The van der Waals surface area contributed by atoms with Gasteiger partial charge in [0, 0.05) is 35.6 Å². The Labute approximate surface area is 183 Å². The lowest BCUT2D eigenvalue weighted by Crippen LogP contribution is -2.28. The fraction of sp³-hybridized carbons (Fsp3) is 0.238. The van der Waals surface area contributed by atoms with E-state index in [2.05, 4.69) is 26.3 Å². The molecule has 30 heavy (non-hydrogen) atoms. The molecule has 1 amide bonds. The zero-order chi connectivity index (χ0) is 21.1. The third-order valence-corrected chi connectivity index (χ3v) is 7.56. The van der Waals surface area contributed by atoms with Crippen LogP contribution < -0.4 is 5.32 Å². The molecule has 3 aromatic rings. The number of carbonyl (C=O) groups excluding carboxylic acids is 1. The van der Waals surface area contributed by atoms with Crippen LogP contribution in [-0.4, -0.2) is 41.5 Å². The number of benzene rings is 2. The quantitative estimate of drug-likeness (QED) is 0.572. The van der Waals surface area contributed by atoms with E-state index in [0.29, 0.717) is 29.8 Å². The molecule has 1 fully saturated rings. The maximum Gasteiger partial charge on any atom is 0.256 e. The van der Waals surface area contributed by atoms with E-state index in [4.69, 9.17) is 0 Å². The Morgan fingerprint density at radius 2 is 1.90 bits per heavy atom. The molecule has 0 aliphatic carbocycles. The second-order valence-corrected chi connectivity index (χ2v) is 9.90. The maximum atomic E-state index is 12.9. The van der Waals surface area contributed by atoms with E-state index in [9.17, 15) is 13.2 Å². The highest BCUT2D eigenvalue weighted by Gasteiger charge is 2.28. The van der Waals surface area contributed by atoms with Crippen LogP contribution in [0.5, 0.6) is 0 Å². The van der Waals surface area contributed by atoms with E-state index in [0.717, 1.165) is 18.4 Å². The first-order valence-electron chi connectivity index (χ1n) is 9.61. The Balaban J connectivity index is 1.55. The molecule has 2 aromatic carbocycles. The van der Waals surface area contributed by atoms with Gasteiger partial charge in [0.05, 0.1) is 17.0 Å². The Kier molecular flexibility index (Phi) is 6.03. The predicted molar refractivity (Wildman–Crippen MR) is 118 cm³/mol. The van der Waals surface area contributed by atoms with Crippen molar-refractivity contribution in [3.63, 3.8) is 0 Å². The van der Waals surface area contributed by atoms with E-state index in [1.165, 1.54) is 16.4 Å². The van der Waals surface area contributed by atoms with Crippen LogP contribution in [0, 0.1) is 0 Å². The second kappa shape index (κ2) is 8.71. The minimum Gasteiger partial charge on any atom is -0.322 e. The number of hydrogen-bond acceptors (Lipinski definition) is 4. The Hall–Kier alpha value is -2.49. The molecule has 1 aliphatic rings. The number of hydrogen-bond donors (Lipinski definition) is 1. The molecule has 0 unspecified atom stereocenters. The highest BCUT2D eigenvalue weighted by atomic mass is 79.9. The van der Waals surface area contributed by atoms with Crippen molar-refractivity contribution in [1.29, 1.82) is 0 Å². The summed E-state index contributed by atoms with van der Waals surface area (Å²) in [5.74, 6) is -0.378. The summed E-state index contributed by atoms with van der Waals surface area (Å²) < 4.78 is 29.5. The third-order valence-electron chi connectivity index (χ3n) is 4.97. The van der Waals surface area contributed by atoms with Crippen LogP contribution in [0.1, 0.15) is 28.8 Å². The smallest absolute Gasteiger partial charge is 0.256 e. The van der Waals surface area contributed by atoms with E-state index in [1.54, 1.807) is 23.0 Å². The first kappa shape index (κ1) is 20.8. The summed E-state index contributed by atoms with van der Waals surface area (Å²) in [5.41, 5.74) is 1.89. The molecule has 7 nitrogen and oxygen atoms in total. The van der Waals surface area contributed by atoms with Gasteiger partial charge in [-0.2, -0.15) is 9.40 Å². The lowest BCUT2D eigenvalue weighted by molar-refractivity contribution is 0.102. The fourth-order valence-electron chi connectivity index (χ4n) is 3.44. The molecule has 0 saturated carbocycles. The average Bonchev–Trinajstić information content (AvgIpc) is 3.43. The maximum absolute atomic E-state index is 12.9. The summed E-state index contributed by atoms with van der Waals surface area (Å²) in [5, 5.41) is 7.05. The fourth-order valence-corrected chi connectivity index (χ4v) is 5.41. The van der Waals surface area contributed by atoms with Gasteiger partial charge >= 0.3 is 0 Å². The van der Waals surface area contributed by atoms with Crippen LogP contribution >= 0.6 is 15.9 Å². The van der Waals surface area contributed by atoms with Crippen LogP contribution in [0.3, 0.4) is 0 Å². The minimum atomic E-state index is -3.60. The van der Waals surface area contributed by atoms with E-state index >= 15 is 0 Å². The molecule has 1 aromatic heterocycles. The summed E-state index contributed by atoms with van der Waals surface area (Å²) >= 11 is 3.37. The minimum absolute atomic E-state index is 0.130. The number of aromatic nitrogens is 2. The summed E-state index contributed by atoms with van der Waals surface area (Å²) in [6.07, 6.45) is 5.30. The first-order chi connectivity index (χ1) is 14.4. The summed E-state index contributed by atoms with van der Waals surface area (Å²) in [7, 11) is -3.60. The highest BCUT2D eigenvalue weighted by molar-refractivity contribution is 9.10. The van der Waals surface area contributed by atoms with Gasteiger partial charge in [0.25, 0.3) is 5.91 Å². The van der Waals surface area contributed by atoms with Crippen molar-refractivity contribution >= 4 is 37.5 Å². The van der Waals surface area contributed by atoms with Crippen LogP contribution in [-0.2, 0) is 16.6 Å². The van der Waals surface area contributed by atoms with Crippen molar-refractivity contribution in [2.75, 3.05) is 18.4 Å². The molecule has 9 heteroatoms. The Morgan fingerprint density at radius 3 is 2.63 bits per heavy atom. The van der Waals surface area contributed by atoms with Gasteiger partial charge in [0.1, 0.15) is 0 Å². The standard InChI is InChI=1S/C21H21BrN4O3S/c22-20-8-7-18(30(28,29)26-11-1-2-12-26)14-19(20)21(27)24-17-6-3-5-16(13-17)15-25-10-4-9-23-25/h3-10,13-14H,1-2,11-12,15H2,(H,24,27). The van der Waals surface area contributed by atoms with Gasteiger partial charge in [-0.05, 0) is 70.7 Å². The average molecular weight is 489 g/mol. The zero-order valence-corrected chi connectivity index (χ0v) is 18.6. The molecular formula is C21H21BrN4O3S. The van der Waals surface area contributed by atoms with Crippen molar-refractivity contribution < 1.29 is 13.2 Å². The van der Waals surface area contributed by atoms with E-state index in [1.807, 2.05) is 30.5 Å². The third kappa shape index (κ3) is 4.48. The normalized spacial score (nSPS) is 14.7. The van der Waals surface area contributed by atoms with Gasteiger partial charge in [-0.15, -0.1) is 0 Å². The van der Waals surface area contributed by atoms with Gasteiger partial charge in [0.2, 0.25) is 10.0 Å². The van der Waals surface area contributed by atoms with Crippen molar-refractivity contribution in [1.82, 2.24) is 14.1 Å². The second-order valence-electron chi connectivity index (χ2n) is 7.11. The summed E-state index contributed by atoms with van der Waals surface area (Å²) in [4.78, 5) is 13.0. The number of rotatable bonds is 6. The van der Waals surface area contributed by atoms with Gasteiger partial charge in [-0.25, -0.2) is 8.42 Å². The number of nitrogens with zero attached hydrogens (tertiary/aromatic N) is 3. The molecule has 0 spiro atoms. The van der Waals surface area contributed by atoms with Gasteiger partial charge in [-0.1, -0.05) is 12.1 Å². The lowest BCUT2D eigenvalue weighted by atomic mass is 10.1. The molecule has 0 atom stereocenters. The molecule has 1 aliphatic heterocycles. The predicted octanol–water partition coefficient (Wildman–Crippen LogP) is 3.73. The van der Waals surface area contributed by atoms with Gasteiger partial charge < -0.3 is 5.32 Å². The van der Waals surface area contributed by atoms with Gasteiger partial charge in [0.15, 0.2) is 0 Å². The van der Waals surface area contributed by atoms with Gasteiger partial charge in [-0.3, -0.25) is 9.48 Å². The van der Waals surface area contributed by atoms with Crippen molar-refractivity contribution in [3.8, 4) is 0 Å². The number of amides is 1. The lowest BCUT2D eigenvalue weighted by Gasteiger charge is -2.16. The molecule has 1 saturated heterocycles. The molecule has 156 valence electrons. The number of anilines is 1. The van der Waals surface area contributed by atoms with Crippen molar-refractivity contribution in [2.24, 2.45) is 0 Å². The number of sulfonamides is 1. The number of carbonyl (C=O) groups is 1. The highest BCUT2D eigenvalue weighted by Crippen LogP contribution is 2.26. The van der Waals surface area contributed by atoms with Crippen LogP contribution in [0.15, 0.2) is 70.3 Å². The zero-order valence-electron chi connectivity index (χ0n) is 16.2. The summed E-state index contributed by atoms with van der Waals surface area (Å²) in [6.45, 7) is 1.62. The summed E-state index contributed by atoms with van der Waals surface area (Å²) in [6, 6.07) is 13.9. The molecule has 4 rings (SSSR count). The van der Waals surface area contributed by atoms with Crippen LogP contribution in [0.2, 0.25) is 0 Å². The molecular weight excluding hydrogens is 468 g/mol. The molecule has 2 heterocycles. The SMILES string of the molecule is O=C(Nc1cccc(Cn2cccn2)c1)c1cc(S(=O)(=O)N2CCCC2)ccc1Br. The Morgan fingerprint density at radius 1 is 1.10 bits per heavy atom. The van der Waals surface area contributed by atoms with Crippen LogP contribution in [0.4, 0.5) is 5.69 Å². The number of halogens is 1. The van der Waals surface area contributed by atoms with E-state index in [-0.39, 0.29) is 16.4 Å². The van der Waals surface area contributed by atoms with Crippen molar-refractivity contribution in [2.45, 2.75) is 24.3 Å².